The molecular weight excluding hydrogens is 436 g/mol. The van der Waals surface area contributed by atoms with Gasteiger partial charge in [-0.05, 0) is 17.7 Å². The van der Waals surface area contributed by atoms with Gasteiger partial charge in [-0.15, -0.1) is 0 Å². The number of primary amides is 1. The fraction of sp³-hybridized carbons (Fsp3) is 0.250. The molecule has 2 heterocycles. The van der Waals surface area contributed by atoms with E-state index >= 15 is 0 Å². The van der Waals surface area contributed by atoms with Crippen LogP contribution in [0.3, 0.4) is 0 Å². The van der Waals surface area contributed by atoms with E-state index < -0.39 is 35.8 Å². The third-order valence-electron chi connectivity index (χ3n) is 5.53. The van der Waals surface area contributed by atoms with Crippen molar-refractivity contribution < 1.29 is 19.2 Å². The molecule has 1 aromatic heterocycles. The van der Waals surface area contributed by atoms with E-state index in [0.717, 1.165) is 5.56 Å². The Morgan fingerprint density at radius 3 is 2.32 bits per heavy atom. The Morgan fingerprint density at radius 1 is 0.941 bits per heavy atom. The summed E-state index contributed by atoms with van der Waals surface area (Å²) in [5, 5.41) is 7.79. The molecule has 1 aliphatic rings. The SMILES string of the molecule is NC(=O)[C@H](Cc1cnc2ccccc2n1)NC(=O)C[C@@H]1NC(=O)[C@H](Cc2ccccc2)NC1=O. The lowest BCUT2D eigenvalue weighted by Crippen LogP contribution is -2.63. The van der Waals surface area contributed by atoms with Crippen LogP contribution in [0.2, 0.25) is 0 Å². The van der Waals surface area contributed by atoms with Crippen LogP contribution in [-0.2, 0) is 32.0 Å². The molecule has 0 unspecified atom stereocenters. The third-order valence-corrected chi connectivity index (χ3v) is 5.53. The van der Waals surface area contributed by atoms with Gasteiger partial charge >= 0.3 is 0 Å². The quantitative estimate of drug-likeness (QED) is 0.363. The number of piperazine rings is 1. The maximum absolute atomic E-state index is 12.6. The van der Waals surface area contributed by atoms with Crippen molar-refractivity contribution in [3.05, 3.63) is 72.1 Å². The number of nitrogens with zero attached hydrogens (tertiary/aromatic N) is 2. The molecule has 0 spiro atoms. The summed E-state index contributed by atoms with van der Waals surface area (Å²) < 4.78 is 0. The van der Waals surface area contributed by atoms with Crippen LogP contribution >= 0.6 is 0 Å². The second kappa shape index (κ2) is 10.1. The van der Waals surface area contributed by atoms with Gasteiger partial charge in [-0.2, -0.15) is 0 Å². The average molecular weight is 460 g/mol. The zero-order valence-corrected chi connectivity index (χ0v) is 18.2. The molecule has 1 fully saturated rings. The first-order valence-electron chi connectivity index (χ1n) is 10.8. The molecule has 34 heavy (non-hydrogen) atoms. The lowest BCUT2D eigenvalue weighted by Gasteiger charge is -2.29. The van der Waals surface area contributed by atoms with E-state index in [4.69, 9.17) is 5.73 Å². The summed E-state index contributed by atoms with van der Waals surface area (Å²) in [5.74, 6) is -2.19. The minimum atomic E-state index is -1.05. The van der Waals surface area contributed by atoms with Gasteiger partial charge in [0.15, 0.2) is 0 Å². The minimum Gasteiger partial charge on any atom is -0.368 e. The molecule has 10 nitrogen and oxygen atoms in total. The van der Waals surface area contributed by atoms with Crippen LogP contribution in [-0.4, -0.2) is 51.7 Å². The number of carbonyl (C=O) groups excluding carboxylic acids is 4. The first-order chi connectivity index (χ1) is 16.4. The average Bonchev–Trinajstić information content (AvgIpc) is 2.82. The Bertz CT molecular complexity index is 1230. The molecule has 4 amide bonds. The van der Waals surface area contributed by atoms with Crippen LogP contribution in [0, 0.1) is 0 Å². The van der Waals surface area contributed by atoms with Gasteiger partial charge in [0.1, 0.15) is 18.1 Å². The van der Waals surface area contributed by atoms with E-state index in [1.807, 2.05) is 48.5 Å². The molecule has 1 aliphatic heterocycles. The van der Waals surface area contributed by atoms with Crippen molar-refractivity contribution in [1.82, 2.24) is 25.9 Å². The van der Waals surface area contributed by atoms with Crippen molar-refractivity contribution in [2.75, 3.05) is 0 Å². The molecule has 1 saturated heterocycles. The number of aromatic nitrogens is 2. The van der Waals surface area contributed by atoms with Crippen molar-refractivity contribution in [3.8, 4) is 0 Å². The van der Waals surface area contributed by atoms with Crippen molar-refractivity contribution >= 4 is 34.7 Å². The fourth-order valence-corrected chi connectivity index (χ4v) is 3.78. The van der Waals surface area contributed by atoms with Crippen LogP contribution < -0.4 is 21.7 Å². The number of benzene rings is 2. The molecule has 3 atom stereocenters. The molecular formula is C24H24N6O4. The molecule has 2 aromatic carbocycles. The summed E-state index contributed by atoms with van der Waals surface area (Å²) in [6, 6.07) is 13.7. The maximum atomic E-state index is 12.6. The summed E-state index contributed by atoms with van der Waals surface area (Å²) in [7, 11) is 0. The minimum absolute atomic E-state index is 0.0429. The predicted molar refractivity (Wildman–Crippen MR) is 123 cm³/mol. The Labute approximate surface area is 195 Å². The van der Waals surface area contributed by atoms with E-state index in [1.54, 1.807) is 6.07 Å². The maximum Gasteiger partial charge on any atom is 0.243 e. The van der Waals surface area contributed by atoms with E-state index in [0.29, 0.717) is 23.1 Å². The van der Waals surface area contributed by atoms with Crippen LogP contribution in [0.25, 0.3) is 11.0 Å². The highest BCUT2D eigenvalue weighted by Crippen LogP contribution is 2.11. The molecule has 174 valence electrons. The van der Waals surface area contributed by atoms with Gasteiger partial charge in [-0.3, -0.25) is 24.2 Å². The zero-order valence-electron chi connectivity index (χ0n) is 18.2. The Balaban J connectivity index is 1.35. The summed E-state index contributed by atoms with van der Waals surface area (Å²) in [6.45, 7) is 0. The van der Waals surface area contributed by atoms with Crippen LogP contribution in [0.15, 0.2) is 60.8 Å². The van der Waals surface area contributed by atoms with Gasteiger partial charge in [0.25, 0.3) is 0 Å². The standard InChI is InChI=1S/C24H24N6O4/c25-22(32)18(11-15-13-26-16-8-4-5-9-17(16)27-15)28-21(31)12-20-24(34)29-19(23(33)30-20)10-14-6-2-1-3-7-14/h1-9,13,18-20H,10-12H2,(H2,25,32)(H,28,31)(H,29,34)(H,30,33)/t18-,19-,20-/m0/s1. The molecule has 0 saturated carbocycles. The summed E-state index contributed by atoms with van der Waals surface area (Å²) in [6.07, 6.45) is 1.57. The van der Waals surface area contributed by atoms with Crippen molar-refractivity contribution in [1.29, 1.82) is 0 Å². The molecule has 4 rings (SSSR count). The molecule has 3 aromatic rings. The van der Waals surface area contributed by atoms with E-state index in [9.17, 15) is 19.2 Å². The van der Waals surface area contributed by atoms with E-state index in [-0.39, 0.29) is 18.7 Å². The Morgan fingerprint density at radius 2 is 1.59 bits per heavy atom. The van der Waals surface area contributed by atoms with Crippen molar-refractivity contribution in [2.45, 2.75) is 37.4 Å². The Kier molecular flexibility index (Phi) is 6.77. The summed E-state index contributed by atoms with van der Waals surface area (Å²) >= 11 is 0. The number of hydrogen-bond donors (Lipinski definition) is 4. The lowest BCUT2D eigenvalue weighted by atomic mass is 10.0. The third kappa shape index (κ3) is 5.52. The monoisotopic (exact) mass is 460 g/mol. The second-order valence-electron chi connectivity index (χ2n) is 8.09. The molecule has 0 radical (unpaired) electrons. The van der Waals surface area contributed by atoms with E-state index in [2.05, 4.69) is 25.9 Å². The van der Waals surface area contributed by atoms with Gasteiger partial charge < -0.3 is 21.7 Å². The number of amides is 4. The Hall–Kier alpha value is -4.34. The fourth-order valence-electron chi connectivity index (χ4n) is 3.78. The number of carbonyl (C=O) groups is 4. The van der Waals surface area contributed by atoms with Crippen LogP contribution in [0.5, 0.6) is 0 Å². The highest BCUT2D eigenvalue weighted by Gasteiger charge is 2.35. The number of hydrogen-bond acceptors (Lipinski definition) is 6. The number of nitrogens with two attached hydrogens (primary N) is 1. The van der Waals surface area contributed by atoms with Gasteiger partial charge in [0.2, 0.25) is 23.6 Å². The highest BCUT2D eigenvalue weighted by molar-refractivity contribution is 5.99. The topological polar surface area (TPSA) is 156 Å². The van der Waals surface area contributed by atoms with Crippen molar-refractivity contribution in [3.63, 3.8) is 0 Å². The van der Waals surface area contributed by atoms with Crippen molar-refractivity contribution in [2.24, 2.45) is 5.73 Å². The second-order valence-corrected chi connectivity index (χ2v) is 8.09. The molecule has 0 aliphatic carbocycles. The number of nitrogens with one attached hydrogen (secondary N) is 3. The number of para-hydroxylation sites is 2. The number of fused-ring (bicyclic) bond motifs is 1. The zero-order chi connectivity index (χ0) is 24.1. The van der Waals surface area contributed by atoms with E-state index in [1.165, 1.54) is 6.20 Å². The molecule has 0 bridgehead atoms. The van der Waals surface area contributed by atoms with Crippen LogP contribution in [0.4, 0.5) is 0 Å². The highest BCUT2D eigenvalue weighted by atomic mass is 16.2. The molecule has 5 N–H and O–H groups in total. The lowest BCUT2D eigenvalue weighted by molar-refractivity contribution is -0.138. The predicted octanol–water partition coefficient (Wildman–Crippen LogP) is -0.242. The first-order valence-corrected chi connectivity index (χ1v) is 10.8. The smallest absolute Gasteiger partial charge is 0.243 e. The van der Waals surface area contributed by atoms with Crippen LogP contribution in [0.1, 0.15) is 17.7 Å². The number of rotatable bonds is 8. The van der Waals surface area contributed by atoms with Gasteiger partial charge in [0, 0.05) is 19.0 Å². The largest absolute Gasteiger partial charge is 0.368 e. The summed E-state index contributed by atoms with van der Waals surface area (Å²) in [4.78, 5) is 58.2. The normalized spacial score (nSPS) is 18.6. The molecule has 10 heteroatoms. The first kappa shape index (κ1) is 22.8. The van der Waals surface area contributed by atoms with Gasteiger partial charge in [0.05, 0.1) is 23.1 Å². The van der Waals surface area contributed by atoms with Gasteiger partial charge in [-0.25, -0.2) is 4.98 Å². The summed E-state index contributed by atoms with van der Waals surface area (Å²) in [5.41, 5.74) is 8.21. The van der Waals surface area contributed by atoms with Gasteiger partial charge in [-0.1, -0.05) is 42.5 Å².